The maximum absolute atomic E-state index is 12.3. The van der Waals surface area contributed by atoms with E-state index in [0.29, 0.717) is 5.69 Å². The molecule has 0 bridgehead atoms. The second-order valence-electron chi connectivity index (χ2n) is 6.35. The Bertz CT molecular complexity index is 863. The first kappa shape index (κ1) is 15.8. The van der Waals surface area contributed by atoms with Crippen LogP contribution >= 0.6 is 0 Å². The number of para-hydroxylation sites is 2. The number of fused-ring (bicyclic) bond motifs is 1. The van der Waals surface area contributed by atoms with Crippen LogP contribution in [0.5, 0.6) is 0 Å². The van der Waals surface area contributed by atoms with E-state index in [-0.39, 0.29) is 18.6 Å². The predicted octanol–water partition coefficient (Wildman–Crippen LogP) is 2.44. The van der Waals surface area contributed by atoms with Gasteiger partial charge in [-0.3, -0.25) is 9.48 Å². The first-order valence-electron chi connectivity index (χ1n) is 8.62. The van der Waals surface area contributed by atoms with Crippen molar-refractivity contribution in [2.24, 2.45) is 0 Å². The van der Waals surface area contributed by atoms with E-state index >= 15 is 0 Å². The third kappa shape index (κ3) is 3.71. The zero-order chi connectivity index (χ0) is 17.1. The summed E-state index contributed by atoms with van der Waals surface area (Å²) >= 11 is 0. The Kier molecular flexibility index (Phi) is 4.47. The van der Waals surface area contributed by atoms with Crippen LogP contribution in [-0.2, 0) is 22.6 Å². The molecule has 1 atom stereocenters. The van der Waals surface area contributed by atoms with Crippen molar-refractivity contribution >= 4 is 22.6 Å². The number of nitrogens with zero attached hydrogens (tertiary/aromatic N) is 4. The van der Waals surface area contributed by atoms with Gasteiger partial charge in [0.25, 0.3) is 0 Å². The third-order valence-corrected chi connectivity index (χ3v) is 4.42. The maximum Gasteiger partial charge on any atom is 0.244 e. The Hall–Kier alpha value is -2.67. The standard InChI is InChI=1S/C18H21N5O2/c24-18(12-22-13-19-16-6-1-2-7-17(16)22)21-14-9-20-23(10-14)11-15-5-3-4-8-25-15/h1-2,6-7,9-10,13,15H,3-5,8,11-12H2,(H,21,24). The number of amides is 1. The molecule has 1 aliphatic heterocycles. The number of aromatic nitrogens is 4. The molecule has 1 aromatic carbocycles. The van der Waals surface area contributed by atoms with E-state index < -0.39 is 0 Å². The first-order chi connectivity index (χ1) is 12.3. The average Bonchev–Trinajstić information content (AvgIpc) is 3.23. The zero-order valence-electron chi connectivity index (χ0n) is 14.0. The summed E-state index contributed by atoms with van der Waals surface area (Å²) in [6, 6.07) is 7.76. The highest BCUT2D eigenvalue weighted by Crippen LogP contribution is 2.16. The van der Waals surface area contributed by atoms with E-state index in [4.69, 9.17) is 4.74 Å². The van der Waals surface area contributed by atoms with Crippen LogP contribution in [0.1, 0.15) is 19.3 Å². The number of hydrogen-bond donors (Lipinski definition) is 1. The van der Waals surface area contributed by atoms with Gasteiger partial charge in [0.05, 0.1) is 41.9 Å². The molecule has 1 fully saturated rings. The minimum atomic E-state index is -0.100. The largest absolute Gasteiger partial charge is 0.376 e. The molecular weight excluding hydrogens is 318 g/mol. The number of nitrogens with one attached hydrogen (secondary N) is 1. The smallest absolute Gasteiger partial charge is 0.244 e. The molecular formula is C18H21N5O2. The van der Waals surface area contributed by atoms with Gasteiger partial charge in [-0.1, -0.05) is 12.1 Å². The Morgan fingerprint density at radius 3 is 3.12 bits per heavy atom. The van der Waals surface area contributed by atoms with Gasteiger partial charge in [0.15, 0.2) is 0 Å². The SMILES string of the molecule is O=C(Cn1cnc2ccccc21)Nc1cnn(CC2CCCCO2)c1. The summed E-state index contributed by atoms with van der Waals surface area (Å²) in [7, 11) is 0. The summed E-state index contributed by atoms with van der Waals surface area (Å²) < 4.78 is 9.39. The molecule has 3 heterocycles. The van der Waals surface area contributed by atoms with Crippen molar-refractivity contribution in [3.8, 4) is 0 Å². The fraction of sp³-hybridized carbons (Fsp3) is 0.389. The third-order valence-electron chi connectivity index (χ3n) is 4.42. The lowest BCUT2D eigenvalue weighted by atomic mass is 10.1. The van der Waals surface area contributed by atoms with E-state index in [2.05, 4.69) is 15.4 Å². The van der Waals surface area contributed by atoms with Gasteiger partial charge in [-0.2, -0.15) is 5.10 Å². The summed E-state index contributed by atoms with van der Waals surface area (Å²) in [6.07, 6.45) is 8.83. The van der Waals surface area contributed by atoms with E-state index in [1.165, 1.54) is 6.42 Å². The molecule has 25 heavy (non-hydrogen) atoms. The van der Waals surface area contributed by atoms with Crippen LogP contribution in [0.15, 0.2) is 43.0 Å². The molecule has 1 N–H and O–H groups in total. The van der Waals surface area contributed by atoms with Gasteiger partial charge in [-0.05, 0) is 31.4 Å². The Morgan fingerprint density at radius 1 is 1.32 bits per heavy atom. The molecule has 0 aliphatic carbocycles. The molecule has 4 rings (SSSR count). The normalized spacial score (nSPS) is 17.7. The van der Waals surface area contributed by atoms with Gasteiger partial charge in [-0.25, -0.2) is 4.98 Å². The molecule has 0 saturated carbocycles. The maximum atomic E-state index is 12.3. The monoisotopic (exact) mass is 339 g/mol. The molecule has 1 unspecified atom stereocenters. The summed E-state index contributed by atoms with van der Waals surface area (Å²) in [5.74, 6) is -0.100. The summed E-state index contributed by atoms with van der Waals surface area (Å²) in [4.78, 5) is 16.6. The summed E-state index contributed by atoms with van der Waals surface area (Å²) in [5, 5.41) is 7.20. The van der Waals surface area contributed by atoms with Crippen molar-refractivity contribution in [3.63, 3.8) is 0 Å². The van der Waals surface area contributed by atoms with E-state index in [9.17, 15) is 4.79 Å². The number of rotatable bonds is 5. The van der Waals surface area contributed by atoms with Gasteiger partial charge < -0.3 is 14.6 Å². The number of benzene rings is 1. The highest BCUT2D eigenvalue weighted by atomic mass is 16.5. The van der Waals surface area contributed by atoms with Crippen LogP contribution < -0.4 is 5.32 Å². The van der Waals surface area contributed by atoms with E-state index in [1.54, 1.807) is 12.5 Å². The summed E-state index contributed by atoms with van der Waals surface area (Å²) in [5.41, 5.74) is 2.53. The van der Waals surface area contributed by atoms with Crippen LogP contribution in [0.4, 0.5) is 5.69 Å². The molecule has 1 aliphatic rings. The van der Waals surface area contributed by atoms with Gasteiger partial charge in [0, 0.05) is 12.8 Å². The van der Waals surface area contributed by atoms with Crippen LogP contribution in [0.2, 0.25) is 0 Å². The van der Waals surface area contributed by atoms with Gasteiger partial charge in [0.2, 0.25) is 5.91 Å². The van der Waals surface area contributed by atoms with Crippen molar-refractivity contribution in [3.05, 3.63) is 43.0 Å². The lowest BCUT2D eigenvalue weighted by Crippen LogP contribution is -2.24. The van der Waals surface area contributed by atoms with Crippen LogP contribution in [0.3, 0.4) is 0 Å². The van der Waals surface area contributed by atoms with Gasteiger partial charge in [0.1, 0.15) is 6.54 Å². The van der Waals surface area contributed by atoms with Crippen molar-refractivity contribution in [1.29, 1.82) is 0 Å². The minimum absolute atomic E-state index is 0.100. The Labute approximate surface area is 145 Å². The van der Waals surface area contributed by atoms with Crippen molar-refractivity contribution < 1.29 is 9.53 Å². The quantitative estimate of drug-likeness (QED) is 0.775. The number of hydrogen-bond acceptors (Lipinski definition) is 4. The number of imidazole rings is 1. The predicted molar refractivity (Wildman–Crippen MR) is 94.2 cm³/mol. The van der Waals surface area contributed by atoms with Crippen LogP contribution in [0, 0.1) is 0 Å². The fourth-order valence-corrected chi connectivity index (χ4v) is 3.18. The molecule has 1 amide bonds. The van der Waals surface area contributed by atoms with E-state index in [1.807, 2.05) is 39.7 Å². The van der Waals surface area contributed by atoms with Crippen LogP contribution in [-0.4, -0.2) is 37.9 Å². The van der Waals surface area contributed by atoms with E-state index in [0.717, 1.165) is 37.0 Å². The second-order valence-corrected chi connectivity index (χ2v) is 6.35. The second kappa shape index (κ2) is 7.06. The molecule has 2 aromatic heterocycles. The molecule has 0 spiro atoms. The molecule has 0 radical (unpaired) electrons. The van der Waals surface area contributed by atoms with Crippen molar-refractivity contribution in [1.82, 2.24) is 19.3 Å². The lowest BCUT2D eigenvalue weighted by molar-refractivity contribution is -0.116. The highest BCUT2D eigenvalue weighted by Gasteiger charge is 2.15. The molecule has 130 valence electrons. The average molecular weight is 339 g/mol. The lowest BCUT2D eigenvalue weighted by Gasteiger charge is -2.22. The number of ether oxygens (including phenoxy) is 1. The topological polar surface area (TPSA) is 74.0 Å². The Balaban J connectivity index is 1.36. The highest BCUT2D eigenvalue weighted by molar-refractivity contribution is 5.91. The Morgan fingerprint density at radius 2 is 2.24 bits per heavy atom. The number of carbonyl (C=O) groups excluding carboxylic acids is 1. The van der Waals surface area contributed by atoms with Crippen molar-refractivity contribution in [2.45, 2.75) is 38.5 Å². The molecule has 3 aromatic rings. The summed E-state index contributed by atoms with van der Waals surface area (Å²) in [6.45, 7) is 1.77. The van der Waals surface area contributed by atoms with Crippen LogP contribution in [0.25, 0.3) is 11.0 Å². The number of carbonyl (C=O) groups is 1. The number of anilines is 1. The fourth-order valence-electron chi connectivity index (χ4n) is 3.18. The molecule has 7 nitrogen and oxygen atoms in total. The van der Waals surface area contributed by atoms with Gasteiger partial charge in [-0.15, -0.1) is 0 Å². The van der Waals surface area contributed by atoms with Gasteiger partial charge >= 0.3 is 0 Å². The zero-order valence-corrected chi connectivity index (χ0v) is 14.0. The first-order valence-corrected chi connectivity index (χ1v) is 8.62. The minimum Gasteiger partial charge on any atom is -0.376 e. The molecule has 7 heteroatoms. The van der Waals surface area contributed by atoms with Crippen molar-refractivity contribution in [2.75, 3.05) is 11.9 Å². The molecule has 1 saturated heterocycles.